The summed E-state index contributed by atoms with van der Waals surface area (Å²) in [4.78, 5) is 21.9. The van der Waals surface area contributed by atoms with Gasteiger partial charge in [-0.25, -0.2) is 4.39 Å². The zero-order valence-electron chi connectivity index (χ0n) is 10.5. The van der Waals surface area contributed by atoms with Crippen molar-refractivity contribution < 1.29 is 24.0 Å². The van der Waals surface area contributed by atoms with Gasteiger partial charge in [-0.3, -0.25) is 14.9 Å². The number of hydrogen-bond acceptors (Lipinski definition) is 5. The maximum atomic E-state index is 13.1. The monoisotopic (exact) mass is 284 g/mol. The Morgan fingerprint density at radius 1 is 1.60 bits per heavy atom. The molecule has 1 aromatic carbocycles. The largest absolute Gasteiger partial charge is 0.386 e. The fraction of sp³-hybridized carbons (Fsp3) is 0.417. The third-order valence-corrected chi connectivity index (χ3v) is 3.06. The second kappa shape index (κ2) is 5.51. The van der Waals surface area contributed by atoms with E-state index in [2.05, 4.69) is 5.32 Å². The fourth-order valence-electron chi connectivity index (χ4n) is 1.93. The van der Waals surface area contributed by atoms with Crippen LogP contribution in [0.1, 0.15) is 16.8 Å². The summed E-state index contributed by atoms with van der Waals surface area (Å²) in [5.41, 5.74) is -2.05. The highest BCUT2D eigenvalue weighted by molar-refractivity contribution is 5.98. The van der Waals surface area contributed by atoms with Crippen LogP contribution < -0.4 is 5.32 Å². The van der Waals surface area contributed by atoms with Gasteiger partial charge in [-0.15, -0.1) is 0 Å². The molecule has 7 nitrogen and oxygen atoms in total. The number of nitro benzene ring substituents is 1. The van der Waals surface area contributed by atoms with Gasteiger partial charge in [0.15, 0.2) is 0 Å². The smallest absolute Gasteiger partial charge is 0.282 e. The number of hydrogen-bond donors (Lipinski definition) is 2. The van der Waals surface area contributed by atoms with E-state index in [4.69, 9.17) is 4.74 Å². The molecule has 0 radical (unpaired) electrons. The van der Waals surface area contributed by atoms with E-state index in [0.29, 0.717) is 13.0 Å². The molecule has 1 amide bonds. The van der Waals surface area contributed by atoms with E-state index in [1.807, 2.05) is 0 Å². The molecule has 0 aromatic heterocycles. The number of nitrogens with zero attached hydrogens (tertiary/aromatic N) is 1. The standard InChI is InChI=1S/C12H13FN2O5/c13-8-1-2-10(15(18)19)9(5-8)11(16)14-6-12(17)3-4-20-7-12/h1-2,5,17H,3-4,6-7H2,(H,14,16). The summed E-state index contributed by atoms with van der Waals surface area (Å²) in [6.45, 7) is 0.352. The summed E-state index contributed by atoms with van der Waals surface area (Å²) in [6.07, 6.45) is 0.360. The van der Waals surface area contributed by atoms with Crippen LogP contribution in [0.3, 0.4) is 0 Å². The number of nitrogens with one attached hydrogen (secondary N) is 1. The highest BCUT2D eigenvalue weighted by atomic mass is 19.1. The first-order valence-corrected chi connectivity index (χ1v) is 5.94. The maximum Gasteiger partial charge on any atom is 0.282 e. The number of carbonyl (C=O) groups is 1. The van der Waals surface area contributed by atoms with Crippen LogP contribution in [-0.2, 0) is 4.74 Å². The van der Waals surface area contributed by atoms with Crippen molar-refractivity contribution in [3.05, 3.63) is 39.7 Å². The van der Waals surface area contributed by atoms with Crippen LogP contribution in [0.4, 0.5) is 10.1 Å². The fourth-order valence-corrected chi connectivity index (χ4v) is 1.93. The molecule has 1 aliphatic rings. The van der Waals surface area contributed by atoms with Gasteiger partial charge in [-0.1, -0.05) is 0 Å². The summed E-state index contributed by atoms with van der Waals surface area (Å²) in [5.74, 6) is -1.56. The Balaban J connectivity index is 2.12. The number of ether oxygens (including phenoxy) is 1. The molecule has 1 fully saturated rings. The van der Waals surface area contributed by atoms with Crippen molar-refractivity contribution >= 4 is 11.6 Å². The number of halogens is 1. The summed E-state index contributed by atoms with van der Waals surface area (Å²) in [5, 5.41) is 23.1. The quantitative estimate of drug-likeness (QED) is 0.623. The van der Waals surface area contributed by atoms with Crippen molar-refractivity contribution in [3.63, 3.8) is 0 Å². The second-order valence-corrected chi connectivity index (χ2v) is 4.63. The predicted molar refractivity (Wildman–Crippen MR) is 65.8 cm³/mol. The van der Waals surface area contributed by atoms with Crippen LogP contribution in [0.15, 0.2) is 18.2 Å². The summed E-state index contributed by atoms with van der Waals surface area (Å²) in [7, 11) is 0. The molecular weight excluding hydrogens is 271 g/mol. The van der Waals surface area contributed by atoms with Crippen molar-refractivity contribution in [3.8, 4) is 0 Å². The highest BCUT2D eigenvalue weighted by Crippen LogP contribution is 2.21. The zero-order chi connectivity index (χ0) is 14.8. The third-order valence-electron chi connectivity index (χ3n) is 3.06. The molecule has 1 aliphatic heterocycles. The van der Waals surface area contributed by atoms with Crippen molar-refractivity contribution in [1.82, 2.24) is 5.32 Å². The lowest BCUT2D eigenvalue weighted by atomic mass is 10.0. The summed E-state index contributed by atoms with van der Waals surface area (Å²) < 4.78 is 18.1. The third kappa shape index (κ3) is 3.09. The van der Waals surface area contributed by atoms with Crippen molar-refractivity contribution in [2.75, 3.05) is 19.8 Å². The maximum absolute atomic E-state index is 13.1. The van der Waals surface area contributed by atoms with Crippen LogP contribution in [0.25, 0.3) is 0 Å². The van der Waals surface area contributed by atoms with Gasteiger partial charge in [0.1, 0.15) is 17.0 Å². The van der Waals surface area contributed by atoms with Gasteiger partial charge in [0.25, 0.3) is 11.6 Å². The molecule has 1 saturated heterocycles. The molecule has 108 valence electrons. The molecule has 8 heteroatoms. The molecule has 2 N–H and O–H groups in total. The lowest BCUT2D eigenvalue weighted by Crippen LogP contribution is -2.43. The van der Waals surface area contributed by atoms with Crippen molar-refractivity contribution in [2.45, 2.75) is 12.0 Å². The van der Waals surface area contributed by atoms with Crippen molar-refractivity contribution in [1.29, 1.82) is 0 Å². The second-order valence-electron chi connectivity index (χ2n) is 4.63. The van der Waals surface area contributed by atoms with Crippen LogP contribution in [0.5, 0.6) is 0 Å². The first-order valence-electron chi connectivity index (χ1n) is 5.94. The Morgan fingerprint density at radius 3 is 2.95 bits per heavy atom. The average molecular weight is 284 g/mol. The average Bonchev–Trinajstić information content (AvgIpc) is 2.83. The molecule has 0 saturated carbocycles. The van der Waals surface area contributed by atoms with Gasteiger partial charge in [-0.2, -0.15) is 0 Å². The van der Waals surface area contributed by atoms with E-state index < -0.39 is 27.9 Å². The lowest BCUT2D eigenvalue weighted by Gasteiger charge is -2.20. The Bertz CT molecular complexity index is 543. The van der Waals surface area contributed by atoms with Gasteiger partial charge >= 0.3 is 0 Å². The number of carbonyl (C=O) groups excluding carboxylic acids is 1. The number of rotatable bonds is 4. The van der Waals surface area contributed by atoms with E-state index >= 15 is 0 Å². The zero-order valence-corrected chi connectivity index (χ0v) is 10.5. The predicted octanol–water partition coefficient (Wildman–Crippen LogP) is 0.615. The molecular formula is C12H13FN2O5. The minimum Gasteiger partial charge on any atom is -0.386 e. The van der Waals surface area contributed by atoms with E-state index in [0.717, 1.165) is 18.2 Å². The van der Waals surface area contributed by atoms with Gasteiger partial charge in [-0.05, 0) is 12.1 Å². The van der Waals surface area contributed by atoms with E-state index in [9.17, 15) is 24.4 Å². The summed E-state index contributed by atoms with van der Waals surface area (Å²) >= 11 is 0. The Labute approximate surface area is 113 Å². The lowest BCUT2D eigenvalue weighted by molar-refractivity contribution is -0.385. The first kappa shape index (κ1) is 14.4. The van der Waals surface area contributed by atoms with Crippen LogP contribution in [0, 0.1) is 15.9 Å². The minimum atomic E-state index is -1.18. The SMILES string of the molecule is O=C(NCC1(O)CCOC1)c1cc(F)ccc1[N+](=O)[O-]. The van der Waals surface area contributed by atoms with E-state index in [-0.39, 0.29) is 18.7 Å². The topological polar surface area (TPSA) is 102 Å². The Hall–Kier alpha value is -2.06. The first-order chi connectivity index (χ1) is 9.41. The molecule has 1 heterocycles. The molecule has 1 aromatic rings. The van der Waals surface area contributed by atoms with E-state index in [1.54, 1.807) is 0 Å². The Morgan fingerprint density at radius 2 is 2.35 bits per heavy atom. The van der Waals surface area contributed by atoms with Crippen molar-refractivity contribution in [2.24, 2.45) is 0 Å². The normalized spacial score (nSPS) is 21.7. The van der Waals surface area contributed by atoms with Gasteiger partial charge in [0, 0.05) is 25.6 Å². The molecule has 0 bridgehead atoms. The minimum absolute atomic E-state index is 0.0819. The number of benzene rings is 1. The molecule has 0 aliphatic carbocycles. The van der Waals surface area contributed by atoms with Crippen LogP contribution in [-0.4, -0.2) is 41.3 Å². The highest BCUT2D eigenvalue weighted by Gasteiger charge is 2.33. The molecule has 1 unspecified atom stereocenters. The van der Waals surface area contributed by atoms with Gasteiger partial charge in [0.2, 0.25) is 0 Å². The molecule has 2 rings (SSSR count). The van der Waals surface area contributed by atoms with Gasteiger partial charge < -0.3 is 15.2 Å². The number of nitro groups is 1. The number of aliphatic hydroxyl groups is 1. The molecule has 0 spiro atoms. The molecule has 1 atom stereocenters. The summed E-state index contributed by atoms with van der Waals surface area (Å²) in [6, 6.07) is 2.63. The Kier molecular flexibility index (Phi) is 3.96. The van der Waals surface area contributed by atoms with Crippen LogP contribution in [0.2, 0.25) is 0 Å². The van der Waals surface area contributed by atoms with E-state index in [1.165, 1.54) is 0 Å². The van der Waals surface area contributed by atoms with Crippen LogP contribution >= 0.6 is 0 Å². The number of amides is 1. The molecule has 20 heavy (non-hydrogen) atoms. The van der Waals surface area contributed by atoms with Gasteiger partial charge in [0.05, 0.1) is 11.5 Å².